The molecular weight excluding hydrogens is 508 g/mol. The maximum absolute atomic E-state index is 13.2. The van der Waals surface area contributed by atoms with Gasteiger partial charge in [-0.3, -0.25) is 4.79 Å². The summed E-state index contributed by atoms with van der Waals surface area (Å²) in [4.78, 5) is 22.9. The van der Waals surface area contributed by atoms with Gasteiger partial charge in [-0.15, -0.1) is 21.5 Å². The number of thiophene rings is 1. The predicted molar refractivity (Wildman–Crippen MR) is 130 cm³/mol. The van der Waals surface area contributed by atoms with Crippen LogP contribution in [-0.2, 0) is 27.8 Å². The van der Waals surface area contributed by atoms with E-state index in [1.54, 1.807) is 12.1 Å². The largest absolute Gasteiger partial charge is 0.358 e. The molecule has 2 N–H and O–H groups in total. The molecule has 0 aliphatic carbocycles. The fourth-order valence-electron chi connectivity index (χ4n) is 4.15. The smallest absolute Gasteiger partial charge is 0.342 e. The van der Waals surface area contributed by atoms with Crippen LogP contribution in [0.3, 0.4) is 0 Å². The Balaban J connectivity index is 1.16. The van der Waals surface area contributed by atoms with Gasteiger partial charge in [0.2, 0.25) is 5.91 Å². The minimum Gasteiger partial charge on any atom is -0.358 e. The van der Waals surface area contributed by atoms with Gasteiger partial charge in [0.15, 0.2) is 0 Å². The highest BCUT2D eigenvalue weighted by Gasteiger charge is 2.32. The number of benzene rings is 1. The summed E-state index contributed by atoms with van der Waals surface area (Å²) in [6.07, 6.45) is 1.13. The molecule has 0 radical (unpaired) electrons. The van der Waals surface area contributed by atoms with E-state index in [0.29, 0.717) is 30.8 Å². The van der Waals surface area contributed by atoms with Crippen LogP contribution in [0, 0.1) is 10.1 Å². The normalized spacial score (nSPS) is 15.3. The van der Waals surface area contributed by atoms with Crippen LogP contribution >= 0.6 is 11.3 Å². The number of amides is 1. The van der Waals surface area contributed by atoms with Gasteiger partial charge in [-0.2, -0.15) is 4.31 Å². The topological polar surface area (TPSA) is 169 Å². The standard InChI is InChI=1S/C21H22N8O5S2/c30-20(12-14-11-19(25-23-14)29(31)32)22-13-16-5-6-21(35-16)36(33,34)27-9-7-15(8-10-27)28-18-4-2-1-3-17(18)24-26-28/h1-6,11,15H,7-10,12-13H2,(H,22,30)(H,23,25). The molecule has 1 saturated heterocycles. The van der Waals surface area contributed by atoms with Crippen molar-refractivity contribution in [2.75, 3.05) is 13.1 Å². The number of nitrogens with one attached hydrogen (secondary N) is 2. The van der Waals surface area contributed by atoms with Crippen LogP contribution in [0.25, 0.3) is 11.0 Å². The van der Waals surface area contributed by atoms with Crippen LogP contribution in [0.1, 0.15) is 29.5 Å². The van der Waals surface area contributed by atoms with Crippen molar-refractivity contribution < 1.29 is 18.1 Å². The minimum atomic E-state index is -3.65. The first-order valence-corrected chi connectivity index (χ1v) is 13.4. The van der Waals surface area contributed by atoms with E-state index >= 15 is 0 Å². The van der Waals surface area contributed by atoms with Crippen LogP contribution in [0.2, 0.25) is 0 Å². The SMILES string of the molecule is O=C(Cc1cc([N+](=O)[O-])[nH]n1)NCc1ccc(S(=O)(=O)N2CCC(n3nnc4ccccc43)CC2)s1. The third-order valence-electron chi connectivity index (χ3n) is 5.99. The number of sulfonamides is 1. The van der Waals surface area contributed by atoms with Crippen molar-refractivity contribution >= 4 is 44.1 Å². The Bertz CT molecular complexity index is 1520. The van der Waals surface area contributed by atoms with Crippen molar-refractivity contribution in [2.45, 2.75) is 36.1 Å². The van der Waals surface area contributed by atoms with Crippen molar-refractivity contribution in [1.82, 2.24) is 34.8 Å². The van der Waals surface area contributed by atoms with Gasteiger partial charge in [-0.05, 0) is 42.0 Å². The molecule has 1 amide bonds. The van der Waals surface area contributed by atoms with Gasteiger partial charge in [0.1, 0.15) is 15.4 Å². The monoisotopic (exact) mass is 530 g/mol. The lowest BCUT2D eigenvalue weighted by atomic mass is 10.1. The van der Waals surface area contributed by atoms with Crippen LogP contribution in [0.4, 0.5) is 5.82 Å². The van der Waals surface area contributed by atoms with Gasteiger partial charge < -0.3 is 15.4 Å². The number of aromatic nitrogens is 5. The molecule has 188 valence electrons. The zero-order valence-corrected chi connectivity index (χ0v) is 20.5. The predicted octanol–water partition coefficient (Wildman–Crippen LogP) is 2.01. The highest BCUT2D eigenvalue weighted by molar-refractivity contribution is 7.91. The number of H-pyrrole nitrogens is 1. The number of rotatable bonds is 8. The van der Waals surface area contributed by atoms with Crippen LogP contribution in [0.15, 0.2) is 46.7 Å². The van der Waals surface area contributed by atoms with Gasteiger partial charge in [0, 0.05) is 18.0 Å². The Labute approximate surface area is 209 Å². The molecule has 3 aromatic heterocycles. The number of fused-ring (bicyclic) bond motifs is 1. The number of nitro groups is 1. The molecule has 1 aliphatic rings. The fourth-order valence-corrected chi connectivity index (χ4v) is 7.07. The molecular formula is C21H22N8O5S2. The lowest BCUT2D eigenvalue weighted by Gasteiger charge is -2.30. The second-order valence-electron chi connectivity index (χ2n) is 8.33. The van der Waals surface area contributed by atoms with Gasteiger partial charge in [0.25, 0.3) is 10.0 Å². The van der Waals surface area contributed by atoms with E-state index in [1.807, 2.05) is 28.9 Å². The Morgan fingerprint density at radius 1 is 1.22 bits per heavy atom. The Morgan fingerprint density at radius 2 is 2.00 bits per heavy atom. The number of carbonyl (C=O) groups excluding carboxylic acids is 1. The van der Waals surface area contributed by atoms with Crippen molar-refractivity contribution in [2.24, 2.45) is 0 Å². The first kappa shape index (κ1) is 24.0. The van der Waals surface area contributed by atoms with Crippen LogP contribution in [0.5, 0.6) is 0 Å². The zero-order valence-electron chi connectivity index (χ0n) is 18.9. The Morgan fingerprint density at radius 3 is 2.75 bits per heavy atom. The molecule has 15 heteroatoms. The molecule has 0 saturated carbocycles. The van der Waals surface area contributed by atoms with E-state index in [2.05, 4.69) is 25.8 Å². The average Bonchev–Trinajstić information content (AvgIpc) is 3.62. The summed E-state index contributed by atoms with van der Waals surface area (Å²) < 4.78 is 30.0. The summed E-state index contributed by atoms with van der Waals surface area (Å²) in [5.41, 5.74) is 2.00. The second kappa shape index (κ2) is 9.75. The number of nitrogens with zero attached hydrogens (tertiary/aromatic N) is 6. The maximum atomic E-state index is 13.2. The highest BCUT2D eigenvalue weighted by atomic mass is 32.2. The maximum Gasteiger partial charge on any atom is 0.342 e. The van der Waals surface area contributed by atoms with Crippen molar-refractivity contribution in [3.8, 4) is 0 Å². The molecule has 0 spiro atoms. The molecule has 4 heterocycles. The number of para-hydroxylation sites is 1. The Hall–Kier alpha value is -3.69. The summed E-state index contributed by atoms with van der Waals surface area (Å²) in [6, 6.07) is 12.2. The van der Waals surface area contributed by atoms with E-state index in [0.717, 1.165) is 22.4 Å². The van der Waals surface area contributed by atoms with E-state index in [-0.39, 0.29) is 40.6 Å². The van der Waals surface area contributed by atoms with Crippen LogP contribution < -0.4 is 5.32 Å². The van der Waals surface area contributed by atoms with Gasteiger partial charge in [-0.1, -0.05) is 22.4 Å². The zero-order chi connectivity index (χ0) is 25.3. The molecule has 5 rings (SSSR count). The van der Waals surface area contributed by atoms with Gasteiger partial charge in [-0.25, -0.2) is 13.1 Å². The fraction of sp³-hybridized carbons (Fsp3) is 0.333. The number of hydrogen-bond acceptors (Lipinski definition) is 9. The summed E-state index contributed by atoms with van der Waals surface area (Å²) in [5.74, 6) is -0.665. The number of aromatic amines is 1. The highest BCUT2D eigenvalue weighted by Crippen LogP contribution is 2.31. The van der Waals surface area contributed by atoms with E-state index in [1.165, 1.54) is 10.4 Å². The summed E-state index contributed by atoms with van der Waals surface area (Å²) in [7, 11) is -3.65. The first-order valence-electron chi connectivity index (χ1n) is 11.2. The van der Waals surface area contributed by atoms with E-state index in [4.69, 9.17) is 0 Å². The molecule has 0 atom stereocenters. The van der Waals surface area contributed by atoms with Gasteiger partial charge >= 0.3 is 5.82 Å². The second-order valence-corrected chi connectivity index (χ2v) is 11.7. The third-order valence-corrected chi connectivity index (χ3v) is 9.44. The molecule has 13 nitrogen and oxygen atoms in total. The molecule has 0 unspecified atom stereocenters. The molecule has 36 heavy (non-hydrogen) atoms. The van der Waals surface area contributed by atoms with Crippen molar-refractivity contribution in [3.05, 3.63) is 63.1 Å². The lowest BCUT2D eigenvalue weighted by molar-refractivity contribution is -0.389. The average molecular weight is 531 g/mol. The summed E-state index contributed by atoms with van der Waals surface area (Å²) in [5, 5.41) is 27.8. The molecule has 1 fully saturated rings. The van der Waals surface area contributed by atoms with E-state index in [9.17, 15) is 23.3 Å². The third kappa shape index (κ3) is 4.84. The molecule has 0 bridgehead atoms. The van der Waals surface area contributed by atoms with E-state index < -0.39 is 14.9 Å². The van der Waals surface area contributed by atoms with Crippen molar-refractivity contribution in [1.29, 1.82) is 0 Å². The minimum absolute atomic E-state index is 0.0777. The number of piperidine rings is 1. The van der Waals surface area contributed by atoms with Gasteiger partial charge in [0.05, 0.1) is 30.6 Å². The van der Waals surface area contributed by atoms with Crippen LogP contribution in [-0.4, -0.2) is 61.8 Å². The van der Waals surface area contributed by atoms with Crippen molar-refractivity contribution in [3.63, 3.8) is 0 Å². The summed E-state index contributed by atoms with van der Waals surface area (Å²) >= 11 is 1.11. The lowest BCUT2D eigenvalue weighted by Crippen LogP contribution is -2.38. The molecule has 4 aromatic rings. The Kier molecular flexibility index (Phi) is 6.51. The number of carbonyl (C=O) groups is 1. The molecule has 1 aliphatic heterocycles. The summed E-state index contributed by atoms with van der Waals surface area (Å²) in [6.45, 7) is 0.898. The molecule has 1 aromatic carbocycles. The number of hydrogen-bond donors (Lipinski definition) is 2. The quantitative estimate of drug-likeness (QED) is 0.257. The first-order chi connectivity index (χ1) is 17.3.